The van der Waals surface area contributed by atoms with Crippen LogP contribution in [0.5, 0.6) is 0 Å². The zero-order valence-corrected chi connectivity index (χ0v) is 23.0. The molecule has 1 aliphatic rings. The van der Waals surface area contributed by atoms with Crippen molar-refractivity contribution in [2.24, 2.45) is 5.92 Å². The zero-order chi connectivity index (χ0) is 25.6. The van der Waals surface area contributed by atoms with Gasteiger partial charge in [-0.05, 0) is 37.5 Å². The molecular weight excluding hydrogens is 460 g/mol. The highest BCUT2D eigenvalue weighted by atomic mass is 28.3. The van der Waals surface area contributed by atoms with Gasteiger partial charge in [-0.2, -0.15) is 0 Å². The van der Waals surface area contributed by atoms with Crippen molar-refractivity contribution in [2.75, 3.05) is 47.8 Å². The van der Waals surface area contributed by atoms with Gasteiger partial charge < -0.3 is 38.3 Å². The first-order chi connectivity index (χ1) is 16.1. The predicted molar refractivity (Wildman–Crippen MR) is 131 cm³/mol. The minimum atomic E-state index is -1.21. The Hall–Kier alpha value is -0.693. The second-order valence-corrected chi connectivity index (χ2v) is 15.6. The Balaban J connectivity index is 2.93. The van der Waals surface area contributed by atoms with Crippen LogP contribution in [0, 0.1) is 5.92 Å². The molecule has 0 aliphatic carbocycles. The summed E-state index contributed by atoms with van der Waals surface area (Å²) in [4.78, 5) is 11.3. The third-order valence-corrected chi connectivity index (χ3v) is 7.30. The number of carbonyl (C=O) groups is 1. The van der Waals surface area contributed by atoms with Crippen molar-refractivity contribution in [3.05, 3.63) is 12.2 Å². The van der Waals surface area contributed by atoms with E-state index in [1.54, 1.807) is 20.3 Å². The number of ketones is 1. The molecule has 0 bridgehead atoms. The van der Waals surface area contributed by atoms with Gasteiger partial charge in [0.25, 0.3) is 0 Å². The Morgan fingerprint density at radius 1 is 1.09 bits per heavy atom. The quantitative estimate of drug-likeness (QED) is 0.123. The monoisotopic (exact) mass is 506 g/mol. The van der Waals surface area contributed by atoms with Crippen LogP contribution in [-0.2, 0) is 38.0 Å². The molecule has 1 saturated heterocycles. The molecule has 0 amide bonds. The number of hydrogen-bond acceptors (Lipinski definition) is 9. The lowest BCUT2D eigenvalue weighted by atomic mass is 9.92. The summed E-state index contributed by atoms with van der Waals surface area (Å²) >= 11 is 0. The molecule has 200 valence electrons. The topological polar surface area (TPSA) is 102 Å². The van der Waals surface area contributed by atoms with Gasteiger partial charge in [0.2, 0.25) is 0 Å². The summed E-state index contributed by atoms with van der Waals surface area (Å²) in [6, 6.07) is 1.04. The molecule has 0 aromatic carbocycles. The van der Waals surface area contributed by atoms with Crippen LogP contribution >= 0.6 is 0 Å². The summed E-state index contributed by atoms with van der Waals surface area (Å²) in [6.07, 6.45) is 1.40. The number of ether oxygens (including phenoxy) is 7. The number of methoxy groups -OCH3 is 2. The van der Waals surface area contributed by atoms with Crippen LogP contribution in [0.2, 0.25) is 25.7 Å². The molecule has 0 unspecified atom stereocenters. The zero-order valence-electron chi connectivity index (χ0n) is 22.0. The van der Waals surface area contributed by atoms with Crippen molar-refractivity contribution in [1.29, 1.82) is 0 Å². The van der Waals surface area contributed by atoms with Crippen LogP contribution in [0.15, 0.2) is 12.2 Å². The molecule has 1 rings (SSSR count). The van der Waals surface area contributed by atoms with Gasteiger partial charge in [-0.25, -0.2) is 0 Å². The van der Waals surface area contributed by atoms with Crippen molar-refractivity contribution in [1.82, 2.24) is 0 Å². The van der Waals surface area contributed by atoms with E-state index in [-0.39, 0.29) is 38.2 Å². The van der Waals surface area contributed by atoms with Gasteiger partial charge in [0.1, 0.15) is 32.6 Å². The number of allylic oxidation sites excluding steroid dienone is 1. The van der Waals surface area contributed by atoms with E-state index in [0.717, 1.165) is 6.04 Å². The largest absolute Gasteiger partial charge is 0.390 e. The Morgan fingerprint density at radius 2 is 1.76 bits per heavy atom. The maximum Gasteiger partial charge on any atom is 0.152 e. The molecule has 10 heteroatoms. The van der Waals surface area contributed by atoms with Gasteiger partial charge in [0, 0.05) is 41.9 Å². The fraction of sp³-hybridized carbons (Fsp3) is 0.875. The molecule has 34 heavy (non-hydrogen) atoms. The van der Waals surface area contributed by atoms with Crippen molar-refractivity contribution < 1.29 is 43.1 Å². The molecule has 9 nitrogen and oxygen atoms in total. The molecule has 0 spiro atoms. The second kappa shape index (κ2) is 16.9. The lowest BCUT2D eigenvalue weighted by molar-refractivity contribution is -0.205. The summed E-state index contributed by atoms with van der Waals surface area (Å²) in [5, 5.41) is 10.5. The van der Waals surface area contributed by atoms with Gasteiger partial charge in [0.15, 0.2) is 5.78 Å². The Bertz CT molecular complexity index is 581. The smallest absolute Gasteiger partial charge is 0.152 e. The van der Waals surface area contributed by atoms with Crippen molar-refractivity contribution >= 4 is 13.9 Å². The standard InChI is InChI=1S/C24H46O9Si/c1-18(10-11-29-15-27-3)23(31-16-28-4)24(32-17-30-12-13-34(5,6)7)22-14-20(26)21(33-22)9-8-19(2)25/h8-9,18,20-24,26H,10-17H2,1-7H3/b9-8+/t18-,20-,21-,22+,23-,24-/m1/s1. The molecule has 1 aliphatic heterocycles. The number of aliphatic hydroxyl groups excluding tert-OH is 1. The molecule has 6 atom stereocenters. The fourth-order valence-corrected chi connectivity index (χ4v) is 4.38. The molecule has 1 N–H and O–H groups in total. The Labute approximate surface area is 206 Å². The highest BCUT2D eigenvalue weighted by molar-refractivity contribution is 6.76. The van der Waals surface area contributed by atoms with Crippen molar-refractivity contribution in [3.8, 4) is 0 Å². The first-order valence-electron chi connectivity index (χ1n) is 12.0. The first-order valence-corrected chi connectivity index (χ1v) is 15.7. The number of rotatable bonds is 19. The number of carbonyl (C=O) groups excluding carboxylic acids is 1. The molecule has 1 heterocycles. The fourth-order valence-electron chi connectivity index (χ4n) is 3.62. The Kier molecular flexibility index (Phi) is 15.6. The minimum absolute atomic E-state index is 0.0338. The maximum atomic E-state index is 11.3. The molecule has 1 fully saturated rings. The molecule has 0 saturated carbocycles. The summed E-state index contributed by atoms with van der Waals surface area (Å²) in [5.41, 5.74) is 0. The summed E-state index contributed by atoms with van der Waals surface area (Å²) in [5.74, 6) is -0.0691. The van der Waals surface area contributed by atoms with Crippen LogP contribution in [0.1, 0.15) is 26.7 Å². The SMILES string of the molecule is COCOCC[C@@H](C)[C@@H](OCOC)[C@H](OCOCC[Si](C)(C)C)[C@@H]1C[C@@H](O)[C@@H](/C=C/C(C)=O)O1. The normalized spacial score (nSPS) is 23.9. The third kappa shape index (κ3) is 12.8. The van der Waals surface area contributed by atoms with E-state index in [2.05, 4.69) is 26.6 Å². The highest BCUT2D eigenvalue weighted by Gasteiger charge is 2.43. The van der Waals surface area contributed by atoms with Crippen LogP contribution < -0.4 is 0 Å². The maximum absolute atomic E-state index is 11.3. The van der Waals surface area contributed by atoms with Gasteiger partial charge >= 0.3 is 0 Å². The van der Waals surface area contributed by atoms with E-state index in [1.807, 2.05) is 0 Å². The van der Waals surface area contributed by atoms with Gasteiger partial charge in [-0.3, -0.25) is 4.79 Å². The average Bonchev–Trinajstić information content (AvgIpc) is 3.13. The van der Waals surface area contributed by atoms with Crippen molar-refractivity contribution in [3.63, 3.8) is 0 Å². The van der Waals surface area contributed by atoms with Gasteiger partial charge in [-0.15, -0.1) is 0 Å². The predicted octanol–water partition coefficient (Wildman–Crippen LogP) is 2.98. The summed E-state index contributed by atoms with van der Waals surface area (Å²) < 4.78 is 39.7. The molecule has 0 radical (unpaired) electrons. The second-order valence-electron chi connectivity index (χ2n) is 10.00. The average molecular weight is 507 g/mol. The number of aliphatic hydroxyl groups is 1. The first kappa shape index (κ1) is 31.3. The van der Waals surface area contributed by atoms with Crippen LogP contribution in [-0.4, -0.2) is 97.3 Å². The summed E-state index contributed by atoms with van der Waals surface area (Å²) in [7, 11) is 1.93. The lowest BCUT2D eigenvalue weighted by Crippen LogP contribution is -2.46. The van der Waals surface area contributed by atoms with Gasteiger partial charge in [-0.1, -0.05) is 26.6 Å². The van der Waals surface area contributed by atoms with E-state index < -0.39 is 32.5 Å². The lowest BCUT2D eigenvalue weighted by Gasteiger charge is -2.34. The van der Waals surface area contributed by atoms with E-state index in [1.165, 1.54) is 13.0 Å². The van der Waals surface area contributed by atoms with Crippen LogP contribution in [0.4, 0.5) is 0 Å². The van der Waals surface area contributed by atoms with Crippen molar-refractivity contribution in [2.45, 2.75) is 82.9 Å². The van der Waals surface area contributed by atoms with E-state index in [9.17, 15) is 9.90 Å². The van der Waals surface area contributed by atoms with E-state index >= 15 is 0 Å². The Morgan fingerprint density at radius 3 is 2.38 bits per heavy atom. The number of hydrogen-bond donors (Lipinski definition) is 1. The third-order valence-electron chi connectivity index (χ3n) is 5.59. The molecular formula is C24H46O9Si. The van der Waals surface area contributed by atoms with Gasteiger partial charge in [0.05, 0.1) is 18.3 Å². The molecule has 0 aromatic heterocycles. The van der Waals surface area contributed by atoms with E-state index in [0.29, 0.717) is 26.1 Å². The highest BCUT2D eigenvalue weighted by Crippen LogP contribution is 2.31. The van der Waals surface area contributed by atoms with Crippen LogP contribution in [0.3, 0.4) is 0 Å². The molecule has 0 aromatic rings. The minimum Gasteiger partial charge on any atom is -0.390 e. The van der Waals surface area contributed by atoms with Crippen LogP contribution in [0.25, 0.3) is 0 Å². The van der Waals surface area contributed by atoms with E-state index in [4.69, 9.17) is 33.2 Å². The summed E-state index contributed by atoms with van der Waals surface area (Å²) in [6.45, 7) is 11.9.